The highest BCUT2D eigenvalue weighted by Crippen LogP contribution is 2.29. The Morgan fingerprint density at radius 1 is 1.50 bits per heavy atom. The fourth-order valence-corrected chi connectivity index (χ4v) is 2.37. The van der Waals surface area contributed by atoms with Crippen molar-refractivity contribution in [2.24, 2.45) is 0 Å². The Kier molecular flexibility index (Phi) is 3.82. The van der Waals surface area contributed by atoms with Crippen LogP contribution in [0.4, 0.5) is 0 Å². The van der Waals surface area contributed by atoms with E-state index in [2.05, 4.69) is 22.8 Å². The Labute approximate surface area is 106 Å². The second-order valence-corrected chi connectivity index (χ2v) is 4.37. The number of nitro groups is 1. The van der Waals surface area contributed by atoms with Gasteiger partial charge in [-0.15, -0.1) is 0 Å². The predicted molar refractivity (Wildman–Crippen MR) is 69.4 cm³/mol. The van der Waals surface area contributed by atoms with Crippen LogP contribution in [0.25, 0.3) is 0 Å². The van der Waals surface area contributed by atoms with Gasteiger partial charge >= 0.3 is 0 Å². The maximum atomic E-state index is 10.5. The standard InChI is InChI=1S/C13H17N3O2/c1-14-13(9-16(17)18)15-12-8-4-6-10-5-2-3-7-11(10)12/h2-3,5,7,9,12,14-15H,4,6,8H2,1H3/b13-9+. The molecule has 0 aliphatic heterocycles. The summed E-state index contributed by atoms with van der Waals surface area (Å²) in [6.07, 6.45) is 4.15. The number of hydrogen-bond donors (Lipinski definition) is 2. The second kappa shape index (κ2) is 5.53. The molecule has 5 heteroatoms. The third kappa shape index (κ3) is 2.80. The van der Waals surface area contributed by atoms with Gasteiger partial charge in [0.1, 0.15) is 0 Å². The largest absolute Gasteiger partial charge is 0.370 e. The van der Waals surface area contributed by atoms with E-state index in [1.165, 1.54) is 11.1 Å². The summed E-state index contributed by atoms with van der Waals surface area (Å²) in [4.78, 5) is 10.1. The van der Waals surface area contributed by atoms with Crippen molar-refractivity contribution >= 4 is 0 Å². The lowest BCUT2D eigenvalue weighted by atomic mass is 9.88. The normalized spacial score (nSPS) is 18.9. The van der Waals surface area contributed by atoms with Crippen LogP contribution in [0, 0.1) is 10.1 Å². The molecule has 5 nitrogen and oxygen atoms in total. The molecular weight excluding hydrogens is 230 g/mol. The summed E-state index contributed by atoms with van der Waals surface area (Å²) in [6, 6.07) is 8.40. The molecule has 0 bridgehead atoms. The van der Waals surface area contributed by atoms with E-state index >= 15 is 0 Å². The fourth-order valence-electron chi connectivity index (χ4n) is 2.37. The van der Waals surface area contributed by atoms with E-state index in [4.69, 9.17) is 0 Å². The van der Waals surface area contributed by atoms with Gasteiger partial charge in [0, 0.05) is 7.05 Å². The Hall–Kier alpha value is -2.04. The average molecular weight is 247 g/mol. The average Bonchev–Trinajstić information content (AvgIpc) is 2.38. The van der Waals surface area contributed by atoms with Crippen molar-refractivity contribution in [3.05, 3.63) is 57.5 Å². The molecule has 1 atom stereocenters. The van der Waals surface area contributed by atoms with Crippen LogP contribution in [-0.2, 0) is 6.42 Å². The van der Waals surface area contributed by atoms with Gasteiger partial charge in [-0.05, 0) is 30.4 Å². The highest BCUT2D eigenvalue weighted by atomic mass is 16.6. The number of nitrogens with one attached hydrogen (secondary N) is 2. The summed E-state index contributed by atoms with van der Waals surface area (Å²) in [6.45, 7) is 0. The lowest BCUT2D eigenvalue weighted by molar-refractivity contribution is -0.404. The monoisotopic (exact) mass is 247 g/mol. The minimum atomic E-state index is -0.451. The van der Waals surface area contributed by atoms with Gasteiger partial charge in [0.05, 0.1) is 11.0 Å². The first-order chi connectivity index (χ1) is 8.70. The third-order valence-corrected chi connectivity index (χ3v) is 3.20. The van der Waals surface area contributed by atoms with E-state index in [1.54, 1.807) is 7.05 Å². The quantitative estimate of drug-likeness (QED) is 0.630. The Morgan fingerprint density at radius 3 is 3.00 bits per heavy atom. The van der Waals surface area contributed by atoms with Crippen molar-refractivity contribution in [2.75, 3.05) is 7.05 Å². The maximum absolute atomic E-state index is 10.5. The van der Waals surface area contributed by atoms with E-state index in [0.29, 0.717) is 5.82 Å². The third-order valence-electron chi connectivity index (χ3n) is 3.20. The molecular formula is C13H17N3O2. The SMILES string of the molecule is CN/C(=C\[N+](=O)[O-])NC1CCCc2ccccc21. The van der Waals surface area contributed by atoms with E-state index in [1.807, 2.05) is 12.1 Å². The van der Waals surface area contributed by atoms with Crippen molar-refractivity contribution in [2.45, 2.75) is 25.3 Å². The number of benzene rings is 1. The molecule has 0 aromatic heterocycles. The molecule has 0 fully saturated rings. The number of rotatable bonds is 4. The Bertz CT molecular complexity index is 471. The van der Waals surface area contributed by atoms with Gasteiger partial charge in [0.2, 0.25) is 0 Å². The molecule has 1 aromatic rings. The van der Waals surface area contributed by atoms with Gasteiger partial charge in [-0.25, -0.2) is 0 Å². The minimum absolute atomic E-state index is 0.147. The van der Waals surface area contributed by atoms with E-state index in [-0.39, 0.29) is 6.04 Å². The fraction of sp³-hybridized carbons (Fsp3) is 0.385. The first kappa shape index (κ1) is 12.4. The molecule has 0 radical (unpaired) electrons. The van der Waals surface area contributed by atoms with Gasteiger partial charge in [-0.2, -0.15) is 0 Å². The van der Waals surface area contributed by atoms with Crippen molar-refractivity contribution in [3.63, 3.8) is 0 Å². The van der Waals surface area contributed by atoms with Crippen LogP contribution in [0.15, 0.2) is 36.3 Å². The van der Waals surface area contributed by atoms with E-state index < -0.39 is 4.92 Å². The first-order valence-electron chi connectivity index (χ1n) is 6.08. The zero-order valence-electron chi connectivity index (χ0n) is 10.3. The molecule has 0 spiro atoms. The number of aryl methyl sites for hydroxylation is 1. The van der Waals surface area contributed by atoms with Crippen LogP contribution in [0.2, 0.25) is 0 Å². The van der Waals surface area contributed by atoms with Crippen LogP contribution in [0.3, 0.4) is 0 Å². The van der Waals surface area contributed by atoms with Gasteiger partial charge in [0.15, 0.2) is 5.82 Å². The van der Waals surface area contributed by atoms with Crippen LogP contribution in [-0.4, -0.2) is 12.0 Å². The van der Waals surface area contributed by atoms with Crippen molar-refractivity contribution in [1.29, 1.82) is 0 Å². The van der Waals surface area contributed by atoms with Crippen LogP contribution >= 0.6 is 0 Å². The zero-order valence-corrected chi connectivity index (χ0v) is 10.3. The molecule has 2 N–H and O–H groups in total. The molecule has 1 aliphatic carbocycles. The molecule has 1 aliphatic rings. The number of hydrogen-bond acceptors (Lipinski definition) is 4. The molecule has 0 amide bonds. The Balaban J connectivity index is 2.18. The summed E-state index contributed by atoms with van der Waals surface area (Å²) in [5.41, 5.74) is 2.58. The highest BCUT2D eigenvalue weighted by molar-refractivity contribution is 5.32. The van der Waals surface area contributed by atoms with Crippen molar-refractivity contribution in [1.82, 2.24) is 10.6 Å². The zero-order chi connectivity index (χ0) is 13.0. The highest BCUT2D eigenvalue weighted by Gasteiger charge is 2.20. The second-order valence-electron chi connectivity index (χ2n) is 4.37. The van der Waals surface area contributed by atoms with Crippen molar-refractivity contribution in [3.8, 4) is 0 Å². The molecule has 0 heterocycles. The van der Waals surface area contributed by atoms with Crippen LogP contribution in [0.5, 0.6) is 0 Å². The first-order valence-corrected chi connectivity index (χ1v) is 6.08. The molecule has 18 heavy (non-hydrogen) atoms. The number of nitrogens with zero attached hydrogens (tertiary/aromatic N) is 1. The summed E-state index contributed by atoms with van der Waals surface area (Å²) in [7, 11) is 1.68. The number of fused-ring (bicyclic) bond motifs is 1. The lowest BCUT2D eigenvalue weighted by Gasteiger charge is -2.27. The summed E-state index contributed by atoms with van der Waals surface area (Å²) in [5.74, 6) is 0.446. The molecule has 1 aromatic carbocycles. The smallest absolute Gasteiger partial charge is 0.274 e. The lowest BCUT2D eigenvalue weighted by Crippen LogP contribution is -2.30. The van der Waals surface area contributed by atoms with Gasteiger partial charge in [-0.3, -0.25) is 10.1 Å². The molecule has 0 saturated heterocycles. The van der Waals surface area contributed by atoms with Crippen LogP contribution < -0.4 is 10.6 Å². The predicted octanol–water partition coefficient (Wildman–Crippen LogP) is 1.95. The molecule has 2 rings (SSSR count). The van der Waals surface area contributed by atoms with E-state index in [9.17, 15) is 10.1 Å². The van der Waals surface area contributed by atoms with Gasteiger partial charge in [-0.1, -0.05) is 24.3 Å². The summed E-state index contributed by atoms with van der Waals surface area (Å²) >= 11 is 0. The molecule has 0 saturated carbocycles. The van der Waals surface area contributed by atoms with Crippen LogP contribution in [0.1, 0.15) is 30.0 Å². The topological polar surface area (TPSA) is 67.2 Å². The maximum Gasteiger partial charge on any atom is 0.274 e. The van der Waals surface area contributed by atoms with E-state index in [0.717, 1.165) is 25.5 Å². The molecule has 96 valence electrons. The van der Waals surface area contributed by atoms with Gasteiger partial charge < -0.3 is 10.6 Å². The minimum Gasteiger partial charge on any atom is -0.370 e. The summed E-state index contributed by atoms with van der Waals surface area (Å²) < 4.78 is 0. The molecule has 1 unspecified atom stereocenters. The Morgan fingerprint density at radius 2 is 2.28 bits per heavy atom. The summed E-state index contributed by atoms with van der Waals surface area (Å²) in [5, 5.41) is 16.5. The van der Waals surface area contributed by atoms with Gasteiger partial charge in [0.25, 0.3) is 6.20 Å². The van der Waals surface area contributed by atoms with Crippen molar-refractivity contribution < 1.29 is 4.92 Å².